The first kappa shape index (κ1) is 9.68. The van der Waals surface area contributed by atoms with Crippen LogP contribution in [0.15, 0.2) is 22.8 Å². The van der Waals surface area contributed by atoms with Gasteiger partial charge in [-0.1, -0.05) is 12.1 Å². The molecule has 0 radical (unpaired) electrons. The monoisotopic (exact) mass is 254 g/mol. The van der Waals surface area contributed by atoms with E-state index in [1.165, 1.54) is 0 Å². The van der Waals surface area contributed by atoms with Crippen LogP contribution in [0.25, 0.3) is 10.9 Å². The third kappa shape index (κ3) is 1.44. The lowest BCUT2D eigenvalue weighted by atomic mass is 10.1. The van der Waals surface area contributed by atoms with Crippen molar-refractivity contribution in [3.05, 3.63) is 28.4 Å². The molecule has 0 unspecified atom stereocenters. The quantitative estimate of drug-likeness (QED) is 0.889. The van der Waals surface area contributed by atoms with E-state index < -0.39 is 0 Å². The normalized spacial score (nSPS) is 11.1. The van der Waals surface area contributed by atoms with Gasteiger partial charge in [-0.3, -0.25) is 4.68 Å². The van der Waals surface area contributed by atoms with Gasteiger partial charge in [0.05, 0.1) is 5.52 Å². The second-order valence-electron chi connectivity index (χ2n) is 3.20. The maximum Gasteiger partial charge on any atom is 0.136 e. The van der Waals surface area contributed by atoms with Crippen molar-refractivity contribution in [2.24, 2.45) is 7.05 Å². The first-order valence-corrected chi connectivity index (χ1v) is 5.24. The van der Waals surface area contributed by atoms with Gasteiger partial charge in [-0.25, -0.2) is 0 Å². The number of rotatable bonds is 2. The highest BCUT2D eigenvalue weighted by Gasteiger charge is 2.09. The number of benzene rings is 1. The second kappa shape index (κ2) is 3.71. The molecule has 0 saturated heterocycles. The number of nitrogens with zero attached hydrogens (tertiary/aromatic N) is 2. The fourth-order valence-corrected chi connectivity index (χ4v) is 2.35. The third-order valence-electron chi connectivity index (χ3n) is 2.30. The Labute approximate surface area is 90.5 Å². The molecule has 2 rings (SSSR count). The molecular weight excluding hydrogens is 244 g/mol. The van der Waals surface area contributed by atoms with E-state index in [2.05, 4.69) is 21.0 Å². The van der Waals surface area contributed by atoms with Crippen molar-refractivity contribution in [2.45, 2.75) is 6.42 Å². The Hall–Kier alpha value is -0.870. The molecule has 1 N–H and O–H groups in total. The van der Waals surface area contributed by atoms with E-state index in [9.17, 15) is 0 Å². The van der Waals surface area contributed by atoms with Crippen LogP contribution in [0.3, 0.4) is 0 Å². The van der Waals surface area contributed by atoms with Crippen LogP contribution >= 0.6 is 15.9 Å². The summed E-state index contributed by atoms with van der Waals surface area (Å²) in [7, 11) is 1.91. The molecule has 0 aliphatic heterocycles. The highest BCUT2D eigenvalue weighted by atomic mass is 79.9. The van der Waals surface area contributed by atoms with Gasteiger partial charge in [0.2, 0.25) is 0 Å². The van der Waals surface area contributed by atoms with Crippen molar-refractivity contribution in [2.75, 3.05) is 6.61 Å². The Morgan fingerprint density at radius 1 is 1.50 bits per heavy atom. The minimum Gasteiger partial charge on any atom is -0.396 e. The summed E-state index contributed by atoms with van der Waals surface area (Å²) in [5.41, 5.74) is 2.22. The van der Waals surface area contributed by atoms with Gasteiger partial charge in [0, 0.05) is 19.0 Å². The van der Waals surface area contributed by atoms with Crippen molar-refractivity contribution in [3.8, 4) is 0 Å². The van der Waals surface area contributed by atoms with E-state index in [0.717, 1.165) is 21.1 Å². The molecule has 0 aliphatic rings. The lowest BCUT2D eigenvalue weighted by Gasteiger charge is -2.00. The first-order chi connectivity index (χ1) is 6.74. The van der Waals surface area contributed by atoms with Crippen LogP contribution in [-0.4, -0.2) is 21.5 Å². The van der Waals surface area contributed by atoms with Crippen LogP contribution in [-0.2, 0) is 13.5 Å². The molecular formula is C10H11BrN2O. The SMILES string of the molecule is Cn1nc(Br)c2c(CCO)cccc21. The van der Waals surface area contributed by atoms with Gasteiger partial charge in [0.1, 0.15) is 4.60 Å². The average molecular weight is 255 g/mol. The molecule has 0 aliphatic carbocycles. The van der Waals surface area contributed by atoms with Crippen LogP contribution in [0.4, 0.5) is 0 Å². The minimum absolute atomic E-state index is 0.167. The number of aryl methyl sites for hydroxylation is 1. The Balaban J connectivity index is 2.72. The van der Waals surface area contributed by atoms with Gasteiger partial charge in [0.25, 0.3) is 0 Å². The fourth-order valence-electron chi connectivity index (χ4n) is 1.66. The van der Waals surface area contributed by atoms with Crippen LogP contribution in [0.1, 0.15) is 5.56 Å². The molecule has 1 heterocycles. The van der Waals surface area contributed by atoms with Crippen molar-refractivity contribution in [1.29, 1.82) is 0 Å². The van der Waals surface area contributed by atoms with Gasteiger partial charge in [-0.15, -0.1) is 0 Å². The maximum atomic E-state index is 8.93. The molecule has 0 saturated carbocycles. The number of hydrogen-bond donors (Lipinski definition) is 1. The molecule has 4 heteroatoms. The largest absolute Gasteiger partial charge is 0.396 e. The highest BCUT2D eigenvalue weighted by Crippen LogP contribution is 2.26. The molecule has 1 aromatic carbocycles. The zero-order chi connectivity index (χ0) is 10.1. The summed E-state index contributed by atoms with van der Waals surface area (Å²) < 4.78 is 2.68. The van der Waals surface area contributed by atoms with Crippen LogP contribution in [0.5, 0.6) is 0 Å². The molecule has 0 fully saturated rings. The van der Waals surface area contributed by atoms with Crippen LogP contribution in [0, 0.1) is 0 Å². The van der Waals surface area contributed by atoms with E-state index in [4.69, 9.17) is 5.11 Å². The standard InChI is InChI=1S/C10H11BrN2O/c1-13-8-4-2-3-7(5-6-14)9(8)10(11)12-13/h2-4,14H,5-6H2,1H3. The Morgan fingerprint density at radius 2 is 2.29 bits per heavy atom. The van der Waals surface area contributed by atoms with E-state index >= 15 is 0 Å². The van der Waals surface area contributed by atoms with Crippen molar-refractivity contribution in [1.82, 2.24) is 9.78 Å². The molecule has 0 bridgehead atoms. The molecule has 2 aromatic rings. The van der Waals surface area contributed by atoms with E-state index in [-0.39, 0.29) is 6.61 Å². The average Bonchev–Trinajstić information content (AvgIpc) is 2.44. The predicted molar refractivity (Wildman–Crippen MR) is 59.2 cm³/mol. The lowest BCUT2D eigenvalue weighted by molar-refractivity contribution is 0.300. The Kier molecular flexibility index (Phi) is 2.56. The van der Waals surface area contributed by atoms with Gasteiger partial charge >= 0.3 is 0 Å². The molecule has 3 nitrogen and oxygen atoms in total. The van der Waals surface area contributed by atoms with Crippen LogP contribution in [0.2, 0.25) is 0 Å². The van der Waals surface area contributed by atoms with E-state index in [1.54, 1.807) is 0 Å². The van der Waals surface area contributed by atoms with E-state index in [1.807, 2.05) is 29.9 Å². The predicted octanol–water partition coefficient (Wildman–Crippen LogP) is 1.87. The number of aliphatic hydroxyl groups is 1. The summed E-state index contributed by atoms with van der Waals surface area (Å²) in [5.74, 6) is 0. The molecule has 14 heavy (non-hydrogen) atoms. The number of halogens is 1. The van der Waals surface area contributed by atoms with E-state index in [0.29, 0.717) is 6.42 Å². The third-order valence-corrected chi connectivity index (χ3v) is 2.86. The molecule has 0 amide bonds. The fraction of sp³-hybridized carbons (Fsp3) is 0.300. The summed E-state index contributed by atoms with van der Waals surface area (Å²) in [6.45, 7) is 0.167. The van der Waals surface area contributed by atoms with Crippen LogP contribution < -0.4 is 0 Å². The number of aromatic nitrogens is 2. The summed E-state index contributed by atoms with van der Waals surface area (Å²) >= 11 is 3.42. The molecule has 74 valence electrons. The molecule has 0 spiro atoms. The van der Waals surface area contributed by atoms with Gasteiger partial charge in [-0.2, -0.15) is 5.10 Å². The highest BCUT2D eigenvalue weighted by molar-refractivity contribution is 9.10. The minimum atomic E-state index is 0.167. The summed E-state index contributed by atoms with van der Waals surface area (Å²) in [5, 5.41) is 14.3. The maximum absolute atomic E-state index is 8.93. The van der Waals surface area contributed by atoms with Crippen molar-refractivity contribution in [3.63, 3.8) is 0 Å². The van der Waals surface area contributed by atoms with Gasteiger partial charge < -0.3 is 5.11 Å². The van der Waals surface area contributed by atoms with Crippen molar-refractivity contribution >= 4 is 26.8 Å². The summed E-state index contributed by atoms with van der Waals surface area (Å²) in [6.07, 6.45) is 0.668. The lowest BCUT2D eigenvalue weighted by Crippen LogP contribution is -1.92. The molecule has 0 atom stereocenters. The van der Waals surface area contributed by atoms with Gasteiger partial charge in [0.15, 0.2) is 0 Å². The smallest absolute Gasteiger partial charge is 0.136 e. The first-order valence-electron chi connectivity index (χ1n) is 4.45. The number of fused-ring (bicyclic) bond motifs is 1. The molecule has 1 aromatic heterocycles. The number of hydrogen-bond acceptors (Lipinski definition) is 2. The van der Waals surface area contributed by atoms with Crippen molar-refractivity contribution < 1.29 is 5.11 Å². The summed E-state index contributed by atoms with van der Waals surface area (Å²) in [4.78, 5) is 0. The summed E-state index contributed by atoms with van der Waals surface area (Å²) in [6, 6.07) is 6.03. The van der Waals surface area contributed by atoms with Gasteiger partial charge in [-0.05, 0) is 34.0 Å². The Morgan fingerprint density at radius 3 is 3.00 bits per heavy atom. The Bertz CT molecular complexity index is 464. The zero-order valence-corrected chi connectivity index (χ0v) is 9.45. The topological polar surface area (TPSA) is 38.0 Å². The number of aliphatic hydroxyl groups excluding tert-OH is 1. The second-order valence-corrected chi connectivity index (χ2v) is 3.95. The zero-order valence-electron chi connectivity index (χ0n) is 7.87.